The van der Waals surface area contributed by atoms with Crippen LogP contribution in [0.25, 0.3) is 0 Å². The summed E-state index contributed by atoms with van der Waals surface area (Å²) in [5.41, 5.74) is 2.04. The number of nitrogens with zero attached hydrogens (tertiary/aromatic N) is 1. The lowest BCUT2D eigenvalue weighted by atomic mass is 9.79. The van der Waals surface area contributed by atoms with Gasteiger partial charge in [-0.3, -0.25) is 14.9 Å². The van der Waals surface area contributed by atoms with Gasteiger partial charge in [0.25, 0.3) is 11.6 Å². The summed E-state index contributed by atoms with van der Waals surface area (Å²) < 4.78 is 5.07. The Morgan fingerprint density at radius 3 is 2.91 bits per heavy atom. The second-order valence-electron chi connectivity index (χ2n) is 4.84. The molecule has 2 aromatic carbocycles. The van der Waals surface area contributed by atoms with Crippen molar-refractivity contribution in [3.05, 3.63) is 63.7 Å². The zero-order valence-electron chi connectivity index (χ0n) is 11.4. The van der Waals surface area contributed by atoms with Crippen molar-refractivity contribution in [1.29, 1.82) is 0 Å². The maximum absolute atomic E-state index is 12.2. The first kappa shape index (κ1) is 14.2. The number of carbonyl (C=O) groups is 1. The predicted octanol–water partition coefficient (Wildman–Crippen LogP) is 1.06. The van der Waals surface area contributed by atoms with Gasteiger partial charge in [-0.05, 0) is 29.2 Å². The first-order valence-electron chi connectivity index (χ1n) is 6.53. The molecule has 0 spiro atoms. The number of hydrogen-bond acceptors (Lipinski definition) is 5. The largest absolute Gasteiger partial charge is 0.491 e. The van der Waals surface area contributed by atoms with E-state index >= 15 is 0 Å². The topological polar surface area (TPSA) is 102 Å². The number of nitrogens with one attached hydrogen (secondary N) is 1. The number of nitro benzene ring substituents is 1. The molecule has 110 valence electrons. The van der Waals surface area contributed by atoms with Gasteiger partial charge in [0.15, 0.2) is 0 Å². The number of hydrogen-bond donors (Lipinski definition) is 2. The van der Waals surface area contributed by atoms with Gasteiger partial charge in [-0.2, -0.15) is 0 Å². The Hall–Kier alpha value is -2.71. The zero-order chi connectivity index (χ0) is 15.7. The van der Waals surface area contributed by atoms with Crippen LogP contribution in [0.15, 0.2) is 42.5 Å². The third kappa shape index (κ3) is 2.69. The Labute approximate surface area is 125 Å². The molecule has 3 rings (SSSR count). The maximum atomic E-state index is 12.2. The monoisotopic (exact) mass is 298 g/mol. The van der Waals surface area contributed by atoms with E-state index in [1.807, 2.05) is 0 Å². The van der Waals surface area contributed by atoms with Crippen molar-refractivity contribution in [3.8, 4) is 0 Å². The van der Waals surface area contributed by atoms with Crippen LogP contribution in [0.2, 0.25) is 0 Å². The highest BCUT2D eigenvalue weighted by atomic mass is 16.6. The second kappa shape index (κ2) is 5.59. The fraction of sp³-hybridized carbons (Fsp3) is 0.0714. The average molecular weight is 298 g/mol. The number of rotatable bonds is 3. The Morgan fingerprint density at radius 1 is 1.32 bits per heavy atom. The molecule has 0 aromatic heterocycles. The van der Waals surface area contributed by atoms with Crippen LogP contribution >= 0.6 is 0 Å². The molecule has 1 aliphatic heterocycles. The molecule has 0 aliphatic carbocycles. The summed E-state index contributed by atoms with van der Waals surface area (Å²) in [5, 5.41) is 22.9. The SMILES string of the molecule is O=C(Nc1cccc([N+](=O)[O-])c1)c1ccc2c(c1)COB2O. The zero-order valence-corrected chi connectivity index (χ0v) is 11.4. The standard InChI is InChI=1S/C14H11BN2O5/c18-14(16-11-2-1-3-12(7-11)17(20)21)9-4-5-13-10(6-9)8-22-15(13)19/h1-7,19H,8H2,(H,16,18). The summed E-state index contributed by atoms with van der Waals surface area (Å²) in [6, 6.07) is 10.6. The molecule has 1 aliphatic rings. The third-order valence-electron chi connectivity index (χ3n) is 3.38. The normalized spacial score (nSPS) is 12.9. The van der Waals surface area contributed by atoms with Crippen molar-refractivity contribution < 1.29 is 19.4 Å². The minimum Gasteiger partial charge on any atom is -0.423 e. The lowest BCUT2D eigenvalue weighted by Crippen LogP contribution is -2.28. The molecule has 0 radical (unpaired) electrons. The molecular weight excluding hydrogens is 287 g/mol. The van der Waals surface area contributed by atoms with Crippen LogP contribution in [-0.2, 0) is 11.3 Å². The summed E-state index contributed by atoms with van der Waals surface area (Å²) in [6.07, 6.45) is 0. The number of benzene rings is 2. The van der Waals surface area contributed by atoms with Gasteiger partial charge in [0.05, 0.1) is 11.5 Å². The maximum Gasteiger partial charge on any atom is 0.491 e. The summed E-state index contributed by atoms with van der Waals surface area (Å²) in [5.74, 6) is -0.385. The summed E-state index contributed by atoms with van der Waals surface area (Å²) in [6.45, 7) is 0.244. The highest BCUT2D eigenvalue weighted by Crippen LogP contribution is 2.18. The highest BCUT2D eigenvalue weighted by molar-refractivity contribution is 6.61. The van der Waals surface area contributed by atoms with Gasteiger partial charge < -0.3 is 15.0 Å². The lowest BCUT2D eigenvalue weighted by Gasteiger charge is -2.06. The Bertz CT molecular complexity index is 765. The van der Waals surface area contributed by atoms with Crippen molar-refractivity contribution in [2.75, 3.05) is 5.32 Å². The number of fused-ring (bicyclic) bond motifs is 1. The molecule has 0 unspecified atom stereocenters. The van der Waals surface area contributed by atoms with Crippen LogP contribution in [0, 0.1) is 10.1 Å². The average Bonchev–Trinajstić information content (AvgIpc) is 2.88. The molecule has 0 atom stereocenters. The van der Waals surface area contributed by atoms with Crippen LogP contribution < -0.4 is 10.8 Å². The van der Waals surface area contributed by atoms with E-state index < -0.39 is 12.0 Å². The van der Waals surface area contributed by atoms with Crippen LogP contribution in [0.4, 0.5) is 11.4 Å². The molecule has 22 heavy (non-hydrogen) atoms. The number of carbonyl (C=O) groups excluding carboxylic acids is 1. The van der Waals surface area contributed by atoms with Gasteiger partial charge in [-0.15, -0.1) is 0 Å². The summed E-state index contributed by atoms with van der Waals surface area (Å²) in [7, 11) is -0.955. The van der Waals surface area contributed by atoms with E-state index in [9.17, 15) is 19.9 Å². The number of anilines is 1. The molecule has 0 saturated heterocycles. The molecule has 1 heterocycles. The smallest absolute Gasteiger partial charge is 0.423 e. The fourth-order valence-corrected chi connectivity index (χ4v) is 2.27. The van der Waals surface area contributed by atoms with Crippen molar-refractivity contribution >= 4 is 29.9 Å². The van der Waals surface area contributed by atoms with Crippen LogP contribution in [0.5, 0.6) is 0 Å². The summed E-state index contributed by atoms with van der Waals surface area (Å²) >= 11 is 0. The van der Waals surface area contributed by atoms with E-state index in [0.29, 0.717) is 16.7 Å². The molecule has 2 N–H and O–H groups in total. The van der Waals surface area contributed by atoms with E-state index in [2.05, 4.69) is 5.32 Å². The lowest BCUT2D eigenvalue weighted by molar-refractivity contribution is -0.384. The van der Waals surface area contributed by atoms with Crippen molar-refractivity contribution in [2.24, 2.45) is 0 Å². The van der Waals surface area contributed by atoms with Gasteiger partial charge in [0.1, 0.15) is 0 Å². The van der Waals surface area contributed by atoms with E-state index in [-0.39, 0.29) is 18.2 Å². The van der Waals surface area contributed by atoms with Crippen LogP contribution in [-0.4, -0.2) is 23.0 Å². The van der Waals surface area contributed by atoms with E-state index in [1.54, 1.807) is 24.3 Å². The van der Waals surface area contributed by atoms with Gasteiger partial charge in [0, 0.05) is 23.4 Å². The highest BCUT2D eigenvalue weighted by Gasteiger charge is 2.27. The van der Waals surface area contributed by atoms with Crippen LogP contribution in [0.3, 0.4) is 0 Å². The molecule has 0 fully saturated rings. The molecule has 7 nitrogen and oxygen atoms in total. The quantitative estimate of drug-likeness (QED) is 0.501. The Kier molecular flexibility index (Phi) is 3.62. The Balaban J connectivity index is 1.80. The number of amides is 1. The van der Waals surface area contributed by atoms with Gasteiger partial charge in [-0.25, -0.2) is 0 Å². The third-order valence-corrected chi connectivity index (χ3v) is 3.38. The van der Waals surface area contributed by atoms with E-state index in [4.69, 9.17) is 4.65 Å². The Morgan fingerprint density at radius 2 is 2.14 bits per heavy atom. The second-order valence-corrected chi connectivity index (χ2v) is 4.84. The van der Waals surface area contributed by atoms with Crippen molar-refractivity contribution in [1.82, 2.24) is 0 Å². The molecular formula is C14H11BN2O5. The first-order chi connectivity index (χ1) is 10.5. The summed E-state index contributed by atoms with van der Waals surface area (Å²) in [4.78, 5) is 22.4. The van der Waals surface area contributed by atoms with Crippen molar-refractivity contribution in [2.45, 2.75) is 6.61 Å². The minimum atomic E-state index is -0.955. The molecule has 2 aromatic rings. The first-order valence-corrected chi connectivity index (χ1v) is 6.53. The molecule has 8 heteroatoms. The van der Waals surface area contributed by atoms with Crippen molar-refractivity contribution in [3.63, 3.8) is 0 Å². The van der Waals surface area contributed by atoms with Gasteiger partial charge >= 0.3 is 7.12 Å². The number of non-ortho nitro benzene ring substituents is 1. The molecule has 1 amide bonds. The van der Waals surface area contributed by atoms with Gasteiger partial charge in [0.2, 0.25) is 0 Å². The molecule has 0 saturated carbocycles. The fourth-order valence-electron chi connectivity index (χ4n) is 2.27. The van der Waals surface area contributed by atoms with E-state index in [0.717, 1.165) is 5.56 Å². The van der Waals surface area contributed by atoms with E-state index in [1.165, 1.54) is 18.2 Å². The number of nitro groups is 1. The predicted molar refractivity (Wildman–Crippen MR) is 79.9 cm³/mol. The minimum absolute atomic E-state index is 0.0942. The van der Waals surface area contributed by atoms with Gasteiger partial charge in [-0.1, -0.05) is 12.1 Å². The molecule has 0 bridgehead atoms. The van der Waals surface area contributed by atoms with Crippen LogP contribution in [0.1, 0.15) is 15.9 Å².